The maximum Gasteiger partial charge on any atom is 0.330 e. The van der Waals surface area contributed by atoms with Gasteiger partial charge < -0.3 is 4.74 Å². The Balaban J connectivity index is 2.74. The molecule has 0 unspecified atom stereocenters. The van der Waals surface area contributed by atoms with Gasteiger partial charge in [0.1, 0.15) is 7.05 Å². The summed E-state index contributed by atoms with van der Waals surface area (Å²) >= 11 is 0. The van der Waals surface area contributed by atoms with E-state index in [2.05, 4.69) is 4.74 Å². The van der Waals surface area contributed by atoms with Gasteiger partial charge in [-0.25, -0.2) is 9.36 Å². The summed E-state index contributed by atoms with van der Waals surface area (Å²) < 4.78 is 6.38. The minimum atomic E-state index is -0.341. The van der Waals surface area contributed by atoms with Gasteiger partial charge in [-0.3, -0.25) is 0 Å². The Hall–Kier alpha value is -1.64. The van der Waals surface area contributed by atoms with Crippen molar-refractivity contribution >= 4 is 12.0 Å². The summed E-state index contributed by atoms with van der Waals surface area (Å²) in [6, 6.07) is 3.83. The van der Waals surface area contributed by atoms with E-state index in [9.17, 15) is 4.79 Å². The number of ether oxygens (including phenoxy) is 1. The Morgan fingerprint density at radius 3 is 3.00 bits per heavy atom. The first-order chi connectivity index (χ1) is 6.22. The maximum atomic E-state index is 10.8. The molecule has 0 spiro atoms. The van der Waals surface area contributed by atoms with E-state index >= 15 is 0 Å². The highest BCUT2D eigenvalue weighted by Crippen LogP contribution is 1.97. The molecule has 3 heteroatoms. The second-order valence-corrected chi connectivity index (χ2v) is 2.66. The average molecular weight is 178 g/mol. The van der Waals surface area contributed by atoms with E-state index in [0.29, 0.717) is 0 Å². The highest BCUT2D eigenvalue weighted by atomic mass is 16.5. The highest BCUT2D eigenvalue weighted by Gasteiger charge is 1.95. The molecule has 0 radical (unpaired) electrons. The monoisotopic (exact) mass is 178 g/mol. The van der Waals surface area contributed by atoms with Gasteiger partial charge in [0.05, 0.1) is 7.11 Å². The van der Waals surface area contributed by atoms with Crippen LogP contribution in [0.4, 0.5) is 0 Å². The number of carbonyl (C=O) groups is 1. The Labute approximate surface area is 77.3 Å². The fourth-order valence-corrected chi connectivity index (χ4v) is 0.942. The van der Waals surface area contributed by atoms with E-state index in [1.54, 1.807) is 6.08 Å². The van der Waals surface area contributed by atoms with Gasteiger partial charge >= 0.3 is 5.97 Å². The van der Waals surface area contributed by atoms with Gasteiger partial charge in [0.15, 0.2) is 12.4 Å². The lowest BCUT2D eigenvalue weighted by Gasteiger charge is -1.91. The smallest absolute Gasteiger partial charge is 0.330 e. The summed E-state index contributed by atoms with van der Waals surface area (Å²) in [4.78, 5) is 10.8. The molecule has 1 aromatic heterocycles. The van der Waals surface area contributed by atoms with Crippen molar-refractivity contribution in [3.8, 4) is 0 Å². The molecular formula is C10H12NO2+. The Morgan fingerprint density at radius 2 is 2.38 bits per heavy atom. The molecule has 0 fully saturated rings. The molecule has 0 aliphatic carbocycles. The van der Waals surface area contributed by atoms with Gasteiger partial charge in [0.2, 0.25) is 0 Å². The van der Waals surface area contributed by atoms with Gasteiger partial charge in [-0.2, -0.15) is 0 Å². The normalized spacial score (nSPS) is 10.3. The van der Waals surface area contributed by atoms with Crippen molar-refractivity contribution in [2.75, 3.05) is 7.11 Å². The summed E-state index contributed by atoms with van der Waals surface area (Å²) in [6.07, 6.45) is 6.95. The van der Waals surface area contributed by atoms with Crippen LogP contribution < -0.4 is 4.57 Å². The van der Waals surface area contributed by atoms with Crippen molar-refractivity contribution in [1.82, 2.24) is 0 Å². The zero-order chi connectivity index (χ0) is 9.68. The van der Waals surface area contributed by atoms with Crippen LogP contribution in [0.1, 0.15) is 5.56 Å². The first-order valence-electron chi connectivity index (χ1n) is 3.93. The minimum Gasteiger partial charge on any atom is -0.466 e. The van der Waals surface area contributed by atoms with Crippen LogP contribution in [0.2, 0.25) is 0 Å². The molecule has 0 amide bonds. The molecule has 3 nitrogen and oxygen atoms in total. The number of pyridine rings is 1. The third-order valence-corrected chi connectivity index (χ3v) is 1.58. The number of hydrogen-bond acceptors (Lipinski definition) is 2. The van der Waals surface area contributed by atoms with Crippen LogP contribution in [-0.4, -0.2) is 13.1 Å². The summed E-state index contributed by atoms with van der Waals surface area (Å²) in [6.45, 7) is 0. The first kappa shape index (κ1) is 9.45. The van der Waals surface area contributed by atoms with E-state index in [4.69, 9.17) is 0 Å². The molecule has 0 bridgehead atoms. The molecule has 0 atom stereocenters. The van der Waals surface area contributed by atoms with Crippen LogP contribution in [0.3, 0.4) is 0 Å². The Kier molecular flexibility index (Phi) is 3.20. The number of carbonyl (C=O) groups excluding carboxylic acids is 1. The second-order valence-electron chi connectivity index (χ2n) is 2.66. The molecule has 0 N–H and O–H groups in total. The fraction of sp³-hybridized carbons (Fsp3) is 0.200. The SMILES string of the molecule is COC(=O)C=Cc1ccc[n+](C)c1. The van der Waals surface area contributed by atoms with Crippen molar-refractivity contribution < 1.29 is 14.1 Å². The molecular weight excluding hydrogens is 166 g/mol. The zero-order valence-electron chi connectivity index (χ0n) is 7.73. The standard InChI is InChI=1S/C10H12NO2/c1-11-7-3-4-9(8-11)5-6-10(12)13-2/h3-8H,1-2H3/q+1. The molecule has 0 saturated carbocycles. The lowest BCUT2D eigenvalue weighted by molar-refractivity contribution is -0.671. The fourth-order valence-electron chi connectivity index (χ4n) is 0.942. The molecule has 1 aromatic rings. The van der Waals surface area contributed by atoms with Crippen LogP contribution in [0.25, 0.3) is 6.08 Å². The number of methoxy groups -OCH3 is 1. The number of aromatic nitrogens is 1. The van der Waals surface area contributed by atoms with Gasteiger partial charge in [-0.15, -0.1) is 0 Å². The number of rotatable bonds is 2. The maximum absolute atomic E-state index is 10.8. The third-order valence-electron chi connectivity index (χ3n) is 1.58. The summed E-state index contributed by atoms with van der Waals surface area (Å²) in [5.74, 6) is -0.341. The predicted octanol–water partition coefficient (Wildman–Crippen LogP) is 0.697. The molecule has 68 valence electrons. The molecule has 13 heavy (non-hydrogen) atoms. The van der Waals surface area contributed by atoms with Gasteiger partial charge in [-0.1, -0.05) is 0 Å². The lowest BCUT2D eigenvalue weighted by atomic mass is 10.2. The summed E-state index contributed by atoms with van der Waals surface area (Å²) in [7, 11) is 3.28. The van der Waals surface area contributed by atoms with E-state index < -0.39 is 0 Å². The number of hydrogen-bond donors (Lipinski definition) is 0. The van der Waals surface area contributed by atoms with Gasteiger partial charge in [-0.05, 0) is 12.1 Å². The first-order valence-corrected chi connectivity index (χ1v) is 3.93. The van der Waals surface area contributed by atoms with Crippen LogP contribution in [-0.2, 0) is 16.6 Å². The minimum absolute atomic E-state index is 0.341. The largest absolute Gasteiger partial charge is 0.466 e. The zero-order valence-corrected chi connectivity index (χ0v) is 7.73. The lowest BCUT2D eigenvalue weighted by Crippen LogP contribution is -2.26. The van der Waals surface area contributed by atoms with E-state index in [-0.39, 0.29) is 5.97 Å². The van der Waals surface area contributed by atoms with Crippen molar-refractivity contribution in [2.45, 2.75) is 0 Å². The Morgan fingerprint density at radius 1 is 1.62 bits per heavy atom. The van der Waals surface area contributed by atoms with E-state index in [0.717, 1.165) is 5.56 Å². The van der Waals surface area contributed by atoms with Crippen LogP contribution in [0.15, 0.2) is 30.6 Å². The highest BCUT2D eigenvalue weighted by molar-refractivity contribution is 5.86. The second kappa shape index (κ2) is 4.40. The topological polar surface area (TPSA) is 30.2 Å². The summed E-state index contributed by atoms with van der Waals surface area (Å²) in [5.41, 5.74) is 0.968. The molecule has 1 heterocycles. The van der Waals surface area contributed by atoms with Crippen molar-refractivity contribution in [1.29, 1.82) is 0 Å². The molecule has 0 saturated heterocycles. The van der Waals surface area contributed by atoms with Crippen molar-refractivity contribution in [2.24, 2.45) is 7.05 Å². The van der Waals surface area contributed by atoms with Crippen LogP contribution >= 0.6 is 0 Å². The van der Waals surface area contributed by atoms with Crippen molar-refractivity contribution in [3.05, 3.63) is 36.2 Å². The van der Waals surface area contributed by atoms with E-state index in [1.807, 2.05) is 36.1 Å². The van der Waals surface area contributed by atoms with Gasteiger partial charge in [0.25, 0.3) is 0 Å². The number of esters is 1. The van der Waals surface area contributed by atoms with Crippen LogP contribution in [0.5, 0.6) is 0 Å². The number of nitrogens with zero attached hydrogens (tertiary/aromatic N) is 1. The van der Waals surface area contributed by atoms with Gasteiger partial charge in [0, 0.05) is 17.7 Å². The summed E-state index contributed by atoms with van der Waals surface area (Å²) in [5, 5.41) is 0. The molecule has 0 aliphatic heterocycles. The third kappa shape index (κ3) is 3.07. The molecule has 0 aromatic carbocycles. The van der Waals surface area contributed by atoms with Crippen molar-refractivity contribution in [3.63, 3.8) is 0 Å². The molecule has 1 rings (SSSR count). The number of aryl methyl sites for hydroxylation is 1. The Bertz CT molecular complexity index is 331. The van der Waals surface area contributed by atoms with E-state index in [1.165, 1.54) is 13.2 Å². The average Bonchev–Trinajstić information content (AvgIpc) is 2.14. The predicted molar refractivity (Wildman–Crippen MR) is 48.7 cm³/mol. The molecule has 0 aliphatic rings. The van der Waals surface area contributed by atoms with Crippen LogP contribution in [0, 0.1) is 0 Å². The quantitative estimate of drug-likeness (QED) is 0.379.